The number of hydrogen-bond donors (Lipinski definition) is 0. The summed E-state index contributed by atoms with van der Waals surface area (Å²) >= 11 is 0. The minimum absolute atomic E-state index is 0.0274. The van der Waals surface area contributed by atoms with Crippen molar-refractivity contribution < 1.29 is 18.1 Å². The number of phosphoric ester groups is 1. The predicted molar refractivity (Wildman–Crippen MR) is 122 cm³/mol. The number of nitrogens with zero attached hydrogens (tertiary/aromatic N) is 1. The Hall–Kier alpha value is 0.0700. The smallest absolute Gasteiger partial charge is 0.304 e. The molecule has 0 spiro atoms. The molecule has 1 atom stereocenters. The van der Waals surface area contributed by atoms with Crippen molar-refractivity contribution in [2.75, 3.05) is 33.9 Å². The Bertz CT molecular complexity index is 404. The molecule has 0 radical (unpaired) electrons. The van der Waals surface area contributed by atoms with Gasteiger partial charge in [-0.25, -0.2) is 4.57 Å². The van der Waals surface area contributed by atoms with Crippen LogP contribution in [0.3, 0.4) is 0 Å². The highest BCUT2D eigenvalue weighted by molar-refractivity contribution is 7.48. The van der Waals surface area contributed by atoms with Gasteiger partial charge < -0.3 is 4.90 Å². The first kappa shape index (κ1) is 27.1. The van der Waals surface area contributed by atoms with Crippen molar-refractivity contribution >= 4 is 7.82 Å². The van der Waals surface area contributed by atoms with Crippen LogP contribution in [-0.4, -0.2) is 44.9 Å². The molecular formula is C23H48NO4P. The Morgan fingerprint density at radius 1 is 0.793 bits per heavy atom. The van der Waals surface area contributed by atoms with Crippen molar-refractivity contribution in [3.8, 4) is 0 Å². The molecule has 29 heavy (non-hydrogen) atoms. The van der Waals surface area contributed by atoms with Gasteiger partial charge >= 0.3 is 7.82 Å². The molecule has 0 aromatic rings. The molecule has 0 bridgehead atoms. The monoisotopic (exact) mass is 433 g/mol. The molecule has 0 aliphatic heterocycles. The molecular weight excluding hydrogens is 385 g/mol. The molecule has 1 unspecified atom stereocenters. The van der Waals surface area contributed by atoms with Crippen molar-refractivity contribution in [3.05, 3.63) is 0 Å². The molecule has 1 aliphatic rings. The van der Waals surface area contributed by atoms with Crippen LogP contribution in [0, 0.1) is 0 Å². The van der Waals surface area contributed by atoms with E-state index in [1.54, 1.807) is 0 Å². The topological polar surface area (TPSA) is 48.0 Å². The van der Waals surface area contributed by atoms with Gasteiger partial charge in [0.25, 0.3) is 0 Å². The zero-order chi connectivity index (χ0) is 21.2. The maximum atomic E-state index is 12.9. The van der Waals surface area contributed by atoms with E-state index in [4.69, 9.17) is 13.6 Å². The van der Waals surface area contributed by atoms with Crippen LogP contribution >= 0.6 is 7.82 Å². The number of phosphoric acid groups is 1. The Morgan fingerprint density at radius 2 is 1.21 bits per heavy atom. The van der Waals surface area contributed by atoms with Crippen molar-refractivity contribution in [2.24, 2.45) is 0 Å². The van der Waals surface area contributed by atoms with Gasteiger partial charge in [-0.3, -0.25) is 13.6 Å². The summed E-state index contributed by atoms with van der Waals surface area (Å²) in [5.41, 5.74) is 0. The van der Waals surface area contributed by atoms with Gasteiger partial charge in [-0.05, 0) is 26.4 Å². The van der Waals surface area contributed by atoms with Gasteiger partial charge in [0.15, 0.2) is 0 Å². The second-order valence-corrected chi connectivity index (χ2v) is 10.3. The third kappa shape index (κ3) is 14.7. The summed E-state index contributed by atoms with van der Waals surface area (Å²) in [6.07, 6.45) is 20.3. The molecule has 6 heteroatoms. The van der Waals surface area contributed by atoms with Gasteiger partial charge in [0, 0.05) is 13.7 Å². The van der Waals surface area contributed by atoms with Crippen molar-refractivity contribution in [1.29, 1.82) is 0 Å². The third-order valence-corrected chi connectivity index (χ3v) is 7.57. The van der Waals surface area contributed by atoms with E-state index in [0.717, 1.165) is 38.8 Å². The Labute approximate surface area is 180 Å². The van der Waals surface area contributed by atoms with Crippen LogP contribution in [-0.2, 0) is 18.1 Å². The molecule has 0 saturated heterocycles. The molecule has 0 amide bonds. The lowest BCUT2D eigenvalue weighted by atomic mass is 10.0. The number of hydrogen-bond acceptors (Lipinski definition) is 5. The zero-order valence-corrected chi connectivity index (χ0v) is 20.4. The molecule has 5 nitrogen and oxygen atoms in total. The minimum Gasteiger partial charge on any atom is -0.304 e. The largest absolute Gasteiger partial charge is 0.474 e. The van der Waals surface area contributed by atoms with Crippen LogP contribution in [0.1, 0.15) is 110 Å². The van der Waals surface area contributed by atoms with Crippen LogP contribution in [0.2, 0.25) is 0 Å². The summed E-state index contributed by atoms with van der Waals surface area (Å²) in [6, 6.07) is 0. The highest BCUT2D eigenvalue weighted by Crippen LogP contribution is 2.50. The van der Waals surface area contributed by atoms with Crippen LogP contribution in [0.15, 0.2) is 0 Å². The second-order valence-electron chi connectivity index (χ2n) is 8.61. The first-order chi connectivity index (χ1) is 14.1. The molecule has 0 N–H and O–H groups in total. The summed E-state index contributed by atoms with van der Waals surface area (Å²) in [7, 11) is -0.0210. The Morgan fingerprint density at radius 3 is 1.59 bits per heavy atom. The van der Waals surface area contributed by atoms with Crippen LogP contribution < -0.4 is 0 Å². The fraction of sp³-hybridized carbons (Fsp3) is 1.00. The maximum Gasteiger partial charge on any atom is 0.474 e. The van der Waals surface area contributed by atoms with Crippen LogP contribution in [0.4, 0.5) is 0 Å². The molecule has 0 heterocycles. The van der Waals surface area contributed by atoms with E-state index >= 15 is 0 Å². The molecule has 1 fully saturated rings. The molecule has 174 valence electrons. The average molecular weight is 434 g/mol. The second kappa shape index (κ2) is 17.7. The lowest BCUT2D eigenvalue weighted by molar-refractivity contribution is 0.0752. The van der Waals surface area contributed by atoms with E-state index in [9.17, 15) is 4.57 Å². The fourth-order valence-corrected chi connectivity index (χ4v) is 5.02. The maximum absolute atomic E-state index is 12.9. The lowest BCUT2D eigenvalue weighted by Gasteiger charge is -2.24. The summed E-state index contributed by atoms with van der Waals surface area (Å²) < 4.78 is 29.7. The normalized spacial score (nSPS) is 22.2. The minimum atomic E-state index is -3.47. The van der Waals surface area contributed by atoms with Gasteiger partial charge in [-0.15, -0.1) is 0 Å². The Balaban J connectivity index is 2.49. The van der Waals surface area contributed by atoms with Gasteiger partial charge in [-0.1, -0.05) is 96.8 Å². The predicted octanol–water partition coefficient (Wildman–Crippen LogP) is 7.35. The van der Waals surface area contributed by atoms with E-state index in [0.29, 0.717) is 6.61 Å². The first-order valence-electron chi connectivity index (χ1n) is 12.3. The van der Waals surface area contributed by atoms with E-state index in [2.05, 4.69) is 11.8 Å². The first-order valence-corrected chi connectivity index (χ1v) is 13.7. The molecule has 0 aromatic carbocycles. The quantitative estimate of drug-likeness (QED) is 0.375. The zero-order valence-electron chi connectivity index (χ0n) is 19.5. The summed E-state index contributed by atoms with van der Waals surface area (Å²) in [4.78, 5) is 2.12. The molecule has 1 aliphatic carbocycles. The van der Waals surface area contributed by atoms with Crippen molar-refractivity contribution in [1.82, 2.24) is 4.90 Å². The van der Waals surface area contributed by atoms with E-state index < -0.39 is 7.82 Å². The van der Waals surface area contributed by atoms with Gasteiger partial charge in [0.05, 0.1) is 12.7 Å². The van der Waals surface area contributed by atoms with E-state index in [1.165, 1.54) is 84.2 Å². The summed E-state index contributed by atoms with van der Waals surface area (Å²) in [6.45, 7) is 4.11. The highest BCUT2D eigenvalue weighted by Gasteiger charge is 2.29. The summed E-state index contributed by atoms with van der Waals surface area (Å²) in [5, 5.41) is 0. The average Bonchev–Trinajstić information content (AvgIpc) is 2.72. The van der Waals surface area contributed by atoms with E-state index in [1.807, 2.05) is 7.05 Å². The van der Waals surface area contributed by atoms with Gasteiger partial charge in [-0.2, -0.15) is 0 Å². The standard InChI is InChI=1S/C23H48NO4P/c1-4-24(2)21-22-27-29(25,26-3)28-23-19-17-15-13-11-9-7-5-6-8-10-12-14-16-18-20-23/h23H,4-22H2,1-3H3. The fourth-order valence-electron chi connectivity index (χ4n) is 3.89. The summed E-state index contributed by atoms with van der Waals surface area (Å²) in [5.74, 6) is 0. The van der Waals surface area contributed by atoms with E-state index in [-0.39, 0.29) is 6.10 Å². The SMILES string of the molecule is CCN(C)CCOP(=O)(OC)OC1CCCCCCCCCCCCCCCC1. The molecule has 1 rings (SSSR count). The van der Waals surface area contributed by atoms with Crippen LogP contribution in [0.25, 0.3) is 0 Å². The van der Waals surface area contributed by atoms with Crippen molar-refractivity contribution in [3.63, 3.8) is 0 Å². The number of likely N-dealkylation sites (N-methyl/N-ethyl adjacent to an activating group) is 1. The van der Waals surface area contributed by atoms with Crippen LogP contribution in [0.5, 0.6) is 0 Å². The third-order valence-electron chi connectivity index (χ3n) is 6.07. The molecule has 0 aromatic heterocycles. The highest BCUT2D eigenvalue weighted by atomic mass is 31.2. The Kier molecular flexibility index (Phi) is 16.6. The lowest BCUT2D eigenvalue weighted by Crippen LogP contribution is -2.23. The number of rotatable bonds is 8. The van der Waals surface area contributed by atoms with Crippen molar-refractivity contribution in [2.45, 2.75) is 116 Å². The van der Waals surface area contributed by atoms with Gasteiger partial charge in [0.1, 0.15) is 0 Å². The molecule has 1 saturated carbocycles. The van der Waals surface area contributed by atoms with Gasteiger partial charge in [0.2, 0.25) is 0 Å².